The maximum absolute atomic E-state index is 11.6. The summed E-state index contributed by atoms with van der Waals surface area (Å²) in [5.41, 5.74) is 20.4. The number of nitrogens with one attached hydrogen (secondary N) is 2. The van der Waals surface area contributed by atoms with Gasteiger partial charge in [0.2, 0.25) is 16.7 Å². The van der Waals surface area contributed by atoms with Gasteiger partial charge in [-0.05, 0) is 81.4 Å². The highest BCUT2D eigenvalue weighted by atomic mass is 16.7. The molecule has 0 atom stereocenters. The minimum Gasteiger partial charge on any atom is -0.399 e. The van der Waals surface area contributed by atoms with Crippen molar-refractivity contribution < 1.29 is 19.0 Å². The number of anilines is 4. The predicted octanol–water partition coefficient (Wildman–Crippen LogP) is 5.90. The normalized spacial score (nSPS) is 10.6. The number of nitrogens with two attached hydrogens (primary N) is 2. The third-order valence-corrected chi connectivity index (χ3v) is 7.71. The number of carbonyl (C=O) groups is 2. The summed E-state index contributed by atoms with van der Waals surface area (Å²) in [6, 6.07) is 30.1. The Morgan fingerprint density at radius 1 is 0.875 bits per heavy atom. The van der Waals surface area contributed by atoms with Crippen molar-refractivity contribution in [1.29, 1.82) is 5.41 Å². The molecule has 0 aliphatic heterocycles. The van der Waals surface area contributed by atoms with E-state index in [2.05, 4.69) is 71.1 Å². The molecule has 250 valence electrons. The van der Waals surface area contributed by atoms with Gasteiger partial charge in [-0.15, -0.1) is 4.57 Å². The highest BCUT2D eigenvalue weighted by Crippen LogP contribution is 2.24. The van der Waals surface area contributed by atoms with Crippen LogP contribution in [0.5, 0.6) is 0 Å². The second-order valence-electron chi connectivity index (χ2n) is 11.1. The second-order valence-corrected chi connectivity index (χ2v) is 11.1. The molecule has 0 saturated carbocycles. The zero-order chi connectivity index (χ0) is 34.5. The lowest BCUT2D eigenvalue weighted by atomic mass is 10.1. The van der Waals surface area contributed by atoms with Crippen molar-refractivity contribution in [2.24, 2.45) is 0 Å². The van der Waals surface area contributed by atoms with Crippen molar-refractivity contribution in [2.45, 2.75) is 39.5 Å². The molecule has 0 spiro atoms. The van der Waals surface area contributed by atoms with Crippen molar-refractivity contribution >= 4 is 62.9 Å². The van der Waals surface area contributed by atoms with E-state index in [1.807, 2.05) is 36.4 Å². The van der Waals surface area contributed by atoms with E-state index in [4.69, 9.17) is 26.7 Å². The van der Waals surface area contributed by atoms with Gasteiger partial charge in [0.15, 0.2) is 0 Å². The summed E-state index contributed by atoms with van der Waals surface area (Å²) in [5, 5.41) is 10.9. The summed E-state index contributed by atoms with van der Waals surface area (Å²) in [4.78, 5) is 35.2. The third kappa shape index (κ3) is 9.41. The fraction of sp³-hybridized carbons (Fsp3) is 0.270. The van der Waals surface area contributed by atoms with E-state index in [1.165, 1.54) is 12.7 Å². The average Bonchev–Trinajstić information content (AvgIpc) is 3.10. The van der Waals surface area contributed by atoms with Gasteiger partial charge in [0.1, 0.15) is 11.0 Å². The first-order chi connectivity index (χ1) is 23.2. The maximum atomic E-state index is 11.6. The van der Waals surface area contributed by atoms with Crippen molar-refractivity contribution in [2.75, 3.05) is 48.4 Å². The molecule has 1 heterocycles. The van der Waals surface area contributed by atoms with Crippen molar-refractivity contribution in [3.63, 3.8) is 0 Å². The van der Waals surface area contributed by atoms with Crippen LogP contribution < -0.4 is 26.3 Å². The Morgan fingerprint density at radius 3 is 2.19 bits per heavy atom. The Morgan fingerprint density at radius 2 is 1.52 bits per heavy atom. The lowest BCUT2D eigenvalue weighted by Gasteiger charge is -2.20. The zero-order valence-electron chi connectivity index (χ0n) is 27.9. The smallest absolute Gasteiger partial charge is 0.332 e. The summed E-state index contributed by atoms with van der Waals surface area (Å²) in [6.45, 7) is 6.92. The minimum atomic E-state index is -0.454. The number of amides is 1. The monoisotopic (exact) mass is 649 g/mol. The third-order valence-electron chi connectivity index (χ3n) is 7.71. The molecule has 5 aromatic rings. The molecule has 0 saturated heterocycles. The van der Waals surface area contributed by atoms with E-state index >= 15 is 0 Å². The number of nitrogens with zero attached hydrogens (tertiary/aromatic N) is 4. The van der Waals surface area contributed by atoms with E-state index in [-0.39, 0.29) is 18.7 Å². The molecule has 48 heavy (non-hydrogen) atoms. The first-order valence-electron chi connectivity index (χ1n) is 16.1. The van der Waals surface area contributed by atoms with Crippen molar-refractivity contribution in [3.05, 3.63) is 91.0 Å². The molecule has 0 aliphatic carbocycles. The molecule has 0 unspecified atom stereocenters. The number of para-hydroxylation sites is 1. The number of carbonyl (C=O) groups excluding carboxylic acids is 2. The Labute approximate surface area is 281 Å². The summed E-state index contributed by atoms with van der Waals surface area (Å²) in [6.07, 6.45) is 2.45. The van der Waals surface area contributed by atoms with E-state index in [0.717, 1.165) is 63.5 Å². The van der Waals surface area contributed by atoms with Crippen LogP contribution in [-0.4, -0.2) is 54.8 Å². The van der Waals surface area contributed by atoms with Gasteiger partial charge < -0.3 is 31.9 Å². The van der Waals surface area contributed by atoms with Crippen LogP contribution in [0.3, 0.4) is 0 Å². The van der Waals surface area contributed by atoms with Gasteiger partial charge in [-0.3, -0.25) is 4.79 Å². The molecule has 1 amide bonds. The summed E-state index contributed by atoms with van der Waals surface area (Å²) < 4.78 is 2.25. The Kier molecular flexibility index (Phi) is 12.6. The first-order valence-corrected chi connectivity index (χ1v) is 16.1. The molecule has 11 nitrogen and oxygen atoms in total. The quantitative estimate of drug-likeness (QED) is 0.0325. The average molecular weight is 650 g/mol. The molecule has 0 bridgehead atoms. The van der Waals surface area contributed by atoms with Gasteiger partial charge in [0, 0.05) is 86.5 Å². The predicted molar refractivity (Wildman–Crippen MR) is 194 cm³/mol. The number of hydroxylamine groups is 2. The van der Waals surface area contributed by atoms with E-state index < -0.39 is 5.97 Å². The minimum absolute atomic E-state index is 0.159. The number of fused-ring (bicyclic) bond motifs is 2. The van der Waals surface area contributed by atoms with Crippen LogP contribution in [0.1, 0.15) is 39.5 Å². The van der Waals surface area contributed by atoms with Gasteiger partial charge in [0.05, 0.1) is 0 Å². The molecule has 0 aliphatic rings. The number of rotatable bonds is 12. The molecular weight excluding hydrogens is 604 g/mol. The molecule has 0 radical (unpaired) electrons. The Bertz CT molecular complexity index is 1830. The van der Waals surface area contributed by atoms with Gasteiger partial charge in [-0.25, -0.2) is 9.78 Å². The molecule has 0 fully saturated rings. The molecule has 4 aromatic carbocycles. The zero-order valence-corrected chi connectivity index (χ0v) is 27.9. The lowest BCUT2D eigenvalue weighted by Crippen LogP contribution is -2.33. The summed E-state index contributed by atoms with van der Waals surface area (Å²) in [7, 11) is 1.40. The van der Waals surface area contributed by atoms with Gasteiger partial charge >= 0.3 is 5.97 Å². The fourth-order valence-corrected chi connectivity index (χ4v) is 5.17. The number of benzene rings is 4. The van der Waals surface area contributed by atoms with Crippen LogP contribution in [0.4, 0.5) is 22.7 Å². The standard InChI is InChI=1S/C22H22N4.C15H22N4O3/c1-3-25(4-2)18-11-13-20-22(15-18)26(17-8-6-5-7-9-17)21-14-16(23)10-12-19(21)24-20;1-19(14(20)4-2-10-16)22-15(21)5-3-11-18-13-8-6-12(17)7-9-13/h5-15,23H,3-4H2,1-2H3;6-10,16,18H,2-5,11,17H2,1H3/p+1. The summed E-state index contributed by atoms with van der Waals surface area (Å²) in [5.74, 6) is -0.776. The maximum Gasteiger partial charge on any atom is 0.332 e. The molecular formula is C37H45N8O3+. The van der Waals surface area contributed by atoms with Gasteiger partial charge in [-0.2, -0.15) is 5.06 Å². The largest absolute Gasteiger partial charge is 0.399 e. The van der Waals surface area contributed by atoms with E-state index in [1.54, 1.807) is 12.1 Å². The molecule has 1 aromatic heterocycles. The van der Waals surface area contributed by atoms with Crippen LogP contribution in [0.25, 0.3) is 27.8 Å². The Balaban J connectivity index is 0.000000221. The lowest BCUT2D eigenvalue weighted by molar-refractivity contribution is -0.538. The van der Waals surface area contributed by atoms with Crippen LogP contribution in [0.15, 0.2) is 91.0 Å². The highest BCUT2D eigenvalue weighted by molar-refractivity contribution is 5.86. The van der Waals surface area contributed by atoms with Gasteiger partial charge in [0.25, 0.3) is 5.91 Å². The SMILES string of the molecule is CCN(CC)c1ccc2nc3ccc(N)cc3[n+](-c3ccccc3)c2c1.CN(OC(=O)CCCNc1ccc(N)cc1)C(=O)CCC=N. The fourth-order valence-electron chi connectivity index (χ4n) is 5.17. The number of nitrogen functional groups attached to an aromatic ring is 2. The van der Waals surface area contributed by atoms with Crippen molar-refractivity contribution in [1.82, 2.24) is 10.0 Å². The molecule has 6 N–H and O–H groups in total. The van der Waals surface area contributed by atoms with E-state index in [0.29, 0.717) is 25.1 Å². The topological polar surface area (TPSA) is 155 Å². The highest BCUT2D eigenvalue weighted by Gasteiger charge is 2.21. The number of aromatic nitrogens is 2. The number of hydrogen-bond donors (Lipinski definition) is 4. The van der Waals surface area contributed by atoms with Crippen LogP contribution in [-0.2, 0) is 14.4 Å². The second kappa shape index (κ2) is 17.3. The van der Waals surface area contributed by atoms with Crippen LogP contribution >= 0.6 is 0 Å². The summed E-state index contributed by atoms with van der Waals surface area (Å²) >= 11 is 0. The van der Waals surface area contributed by atoms with Crippen LogP contribution in [0, 0.1) is 5.41 Å². The van der Waals surface area contributed by atoms with Crippen molar-refractivity contribution in [3.8, 4) is 5.69 Å². The van der Waals surface area contributed by atoms with Gasteiger partial charge in [-0.1, -0.05) is 18.2 Å². The molecule has 11 heteroatoms. The van der Waals surface area contributed by atoms with Crippen LogP contribution in [0.2, 0.25) is 0 Å². The Hall–Kier alpha value is -5.71. The molecule has 5 rings (SSSR count). The number of hydrogen-bond acceptors (Lipinski definition) is 9. The van der Waals surface area contributed by atoms with E-state index in [9.17, 15) is 9.59 Å². The first kappa shape index (κ1) is 35.1.